The number of hydrogen-bond donors (Lipinski definition) is 1. The van der Waals surface area contributed by atoms with Crippen LogP contribution in [0.2, 0.25) is 0 Å². The molecule has 4 nitrogen and oxygen atoms in total. The predicted octanol–water partition coefficient (Wildman–Crippen LogP) is 2.88. The van der Waals surface area contributed by atoms with Gasteiger partial charge in [0.15, 0.2) is 0 Å². The monoisotopic (exact) mass is 300 g/mol. The highest BCUT2D eigenvalue weighted by molar-refractivity contribution is 5.84. The van der Waals surface area contributed by atoms with E-state index in [9.17, 15) is 4.79 Å². The molecule has 0 unspecified atom stereocenters. The van der Waals surface area contributed by atoms with Gasteiger partial charge in [-0.05, 0) is 49.6 Å². The van der Waals surface area contributed by atoms with E-state index in [0.717, 1.165) is 36.8 Å². The van der Waals surface area contributed by atoms with Crippen LogP contribution in [0.5, 0.6) is 0 Å². The lowest BCUT2D eigenvalue weighted by molar-refractivity contribution is -0.121. The number of rotatable bonds is 8. The third kappa shape index (κ3) is 3.89. The number of ether oxygens (including phenoxy) is 1. The van der Waals surface area contributed by atoms with E-state index in [2.05, 4.69) is 28.1 Å². The summed E-state index contributed by atoms with van der Waals surface area (Å²) >= 11 is 0. The minimum Gasteiger partial charge on any atom is -0.381 e. The Morgan fingerprint density at radius 2 is 2.18 bits per heavy atom. The minimum atomic E-state index is 0.0617. The van der Waals surface area contributed by atoms with Gasteiger partial charge in [-0.1, -0.05) is 18.2 Å². The molecule has 1 aromatic carbocycles. The Balaban J connectivity index is 1.43. The molecule has 1 saturated carbocycles. The van der Waals surface area contributed by atoms with Crippen molar-refractivity contribution >= 4 is 16.8 Å². The molecule has 0 atom stereocenters. The summed E-state index contributed by atoms with van der Waals surface area (Å²) in [6.45, 7) is 4.73. The summed E-state index contributed by atoms with van der Waals surface area (Å²) in [7, 11) is 0. The number of amides is 1. The highest BCUT2D eigenvalue weighted by atomic mass is 16.5. The molecule has 22 heavy (non-hydrogen) atoms. The van der Waals surface area contributed by atoms with E-state index in [1.165, 1.54) is 18.2 Å². The smallest absolute Gasteiger partial charge is 0.239 e. The van der Waals surface area contributed by atoms with Gasteiger partial charge in [-0.15, -0.1) is 0 Å². The normalized spacial score (nSPS) is 14.4. The second kappa shape index (κ2) is 6.97. The van der Waals surface area contributed by atoms with Crippen molar-refractivity contribution in [2.75, 3.05) is 19.8 Å². The van der Waals surface area contributed by atoms with Crippen molar-refractivity contribution in [3.8, 4) is 0 Å². The second-order valence-corrected chi connectivity index (χ2v) is 6.15. The molecule has 0 aliphatic heterocycles. The minimum absolute atomic E-state index is 0.0617. The second-order valence-electron chi connectivity index (χ2n) is 6.15. The van der Waals surface area contributed by atoms with Gasteiger partial charge in [-0.3, -0.25) is 4.79 Å². The summed E-state index contributed by atoms with van der Waals surface area (Å²) in [5.74, 6) is 0.867. The van der Waals surface area contributed by atoms with Crippen LogP contribution in [0.4, 0.5) is 0 Å². The lowest BCUT2D eigenvalue weighted by atomic mass is 10.2. The van der Waals surface area contributed by atoms with Crippen molar-refractivity contribution in [3.63, 3.8) is 0 Å². The first kappa shape index (κ1) is 15.1. The lowest BCUT2D eigenvalue weighted by Gasteiger charge is -2.09. The van der Waals surface area contributed by atoms with Crippen LogP contribution in [0, 0.1) is 12.8 Å². The van der Waals surface area contributed by atoms with Crippen LogP contribution in [-0.2, 0) is 16.1 Å². The first-order valence-corrected chi connectivity index (χ1v) is 8.13. The van der Waals surface area contributed by atoms with E-state index in [1.807, 2.05) is 19.1 Å². The Morgan fingerprint density at radius 3 is 3.00 bits per heavy atom. The maximum atomic E-state index is 12.1. The van der Waals surface area contributed by atoms with Crippen molar-refractivity contribution in [3.05, 3.63) is 36.0 Å². The number of nitrogens with one attached hydrogen (secondary N) is 1. The molecular weight excluding hydrogens is 276 g/mol. The van der Waals surface area contributed by atoms with Gasteiger partial charge in [-0.25, -0.2) is 0 Å². The fraction of sp³-hybridized carbons (Fsp3) is 0.500. The van der Waals surface area contributed by atoms with E-state index in [4.69, 9.17) is 4.74 Å². The van der Waals surface area contributed by atoms with Crippen molar-refractivity contribution in [1.82, 2.24) is 9.88 Å². The summed E-state index contributed by atoms with van der Waals surface area (Å²) < 4.78 is 7.63. The van der Waals surface area contributed by atoms with Crippen LogP contribution in [0.3, 0.4) is 0 Å². The molecule has 3 rings (SSSR count). The fourth-order valence-electron chi connectivity index (χ4n) is 2.69. The van der Waals surface area contributed by atoms with Gasteiger partial charge in [0.1, 0.15) is 6.54 Å². The largest absolute Gasteiger partial charge is 0.381 e. The molecule has 1 aliphatic rings. The van der Waals surface area contributed by atoms with Gasteiger partial charge in [0.25, 0.3) is 0 Å². The number of aryl methyl sites for hydroxylation is 1. The molecule has 1 fully saturated rings. The number of benzene rings is 1. The third-order valence-corrected chi connectivity index (χ3v) is 4.16. The molecule has 0 spiro atoms. The highest BCUT2D eigenvalue weighted by Crippen LogP contribution is 2.28. The average molecular weight is 300 g/mol. The Morgan fingerprint density at radius 1 is 1.36 bits per heavy atom. The molecule has 1 aromatic heterocycles. The molecule has 1 amide bonds. The quantitative estimate of drug-likeness (QED) is 0.762. The summed E-state index contributed by atoms with van der Waals surface area (Å²) in [6.07, 6.45) is 3.52. The van der Waals surface area contributed by atoms with Crippen LogP contribution in [0.1, 0.15) is 25.0 Å². The number of fused-ring (bicyclic) bond motifs is 1. The molecule has 0 radical (unpaired) electrons. The van der Waals surface area contributed by atoms with E-state index < -0.39 is 0 Å². The summed E-state index contributed by atoms with van der Waals surface area (Å²) in [5.41, 5.74) is 2.23. The van der Waals surface area contributed by atoms with Gasteiger partial charge in [0, 0.05) is 31.0 Å². The zero-order valence-corrected chi connectivity index (χ0v) is 13.2. The highest BCUT2D eigenvalue weighted by Gasteiger charge is 2.20. The third-order valence-electron chi connectivity index (χ3n) is 4.16. The van der Waals surface area contributed by atoms with Crippen LogP contribution in [-0.4, -0.2) is 30.2 Å². The molecule has 1 N–H and O–H groups in total. The summed E-state index contributed by atoms with van der Waals surface area (Å²) in [6, 6.07) is 10.3. The molecule has 1 aliphatic carbocycles. The first-order chi connectivity index (χ1) is 10.7. The first-order valence-electron chi connectivity index (χ1n) is 8.13. The zero-order chi connectivity index (χ0) is 15.4. The topological polar surface area (TPSA) is 43.3 Å². The van der Waals surface area contributed by atoms with E-state index >= 15 is 0 Å². The van der Waals surface area contributed by atoms with Gasteiger partial charge in [0.2, 0.25) is 5.91 Å². The maximum Gasteiger partial charge on any atom is 0.239 e. The molecule has 2 aromatic rings. The molecule has 0 bridgehead atoms. The van der Waals surface area contributed by atoms with Crippen molar-refractivity contribution in [2.45, 2.75) is 32.7 Å². The van der Waals surface area contributed by atoms with Gasteiger partial charge in [-0.2, -0.15) is 0 Å². The number of nitrogens with zero attached hydrogens (tertiary/aromatic N) is 1. The molecular formula is C18H24N2O2. The summed E-state index contributed by atoms with van der Waals surface area (Å²) in [4.78, 5) is 12.1. The predicted molar refractivity (Wildman–Crippen MR) is 87.8 cm³/mol. The van der Waals surface area contributed by atoms with E-state index in [-0.39, 0.29) is 5.91 Å². The zero-order valence-electron chi connectivity index (χ0n) is 13.2. The number of aromatic nitrogens is 1. The molecule has 1 heterocycles. The van der Waals surface area contributed by atoms with E-state index in [0.29, 0.717) is 13.1 Å². The molecule has 118 valence electrons. The maximum absolute atomic E-state index is 12.1. The SMILES string of the molecule is Cc1cc2ccccc2n1CC(=O)NCCCOCC1CC1. The number of para-hydroxylation sites is 1. The number of carbonyl (C=O) groups is 1. The van der Waals surface area contributed by atoms with Crippen LogP contribution in [0.25, 0.3) is 10.9 Å². The molecule has 4 heteroatoms. The van der Waals surface area contributed by atoms with Crippen molar-refractivity contribution < 1.29 is 9.53 Å². The van der Waals surface area contributed by atoms with Gasteiger partial charge in [0.05, 0.1) is 0 Å². The Labute approximate surface area is 131 Å². The van der Waals surface area contributed by atoms with Crippen LogP contribution in [0.15, 0.2) is 30.3 Å². The Hall–Kier alpha value is -1.81. The van der Waals surface area contributed by atoms with E-state index in [1.54, 1.807) is 0 Å². The van der Waals surface area contributed by atoms with Crippen LogP contribution >= 0.6 is 0 Å². The average Bonchev–Trinajstić information content (AvgIpc) is 3.28. The number of hydrogen-bond acceptors (Lipinski definition) is 2. The molecule has 0 saturated heterocycles. The standard InChI is InChI=1S/C18H24N2O2/c1-14-11-16-5-2-3-6-17(16)20(14)12-18(21)19-9-4-10-22-13-15-7-8-15/h2-3,5-6,11,15H,4,7-10,12-13H2,1H3,(H,19,21). The van der Waals surface area contributed by atoms with Crippen molar-refractivity contribution in [2.24, 2.45) is 5.92 Å². The van der Waals surface area contributed by atoms with Gasteiger partial charge < -0.3 is 14.6 Å². The fourth-order valence-corrected chi connectivity index (χ4v) is 2.69. The Bertz CT molecular complexity index is 644. The lowest BCUT2D eigenvalue weighted by Crippen LogP contribution is -2.29. The number of carbonyl (C=O) groups excluding carboxylic acids is 1. The van der Waals surface area contributed by atoms with Crippen LogP contribution < -0.4 is 5.32 Å². The Kier molecular flexibility index (Phi) is 4.78. The summed E-state index contributed by atoms with van der Waals surface area (Å²) in [5, 5.41) is 4.16. The van der Waals surface area contributed by atoms with Crippen molar-refractivity contribution in [1.29, 1.82) is 0 Å². The van der Waals surface area contributed by atoms with Gasteiger partial charge >= 0.3 is 0 Å².